The van der Waals surface area contributed by atoms with Gasteiger partial charge in [-0.2, -0.15) is 5.10 Å². The van der Waals surface area contributed by atoms with Crippen LogP contribution in [-0.2, 0) is 17.9 Å². The predicted molar refractivity (Wildman–Crippen MR) is 109 cm³/mol. The van der Waals surface area contributed by atoms with E-state index < -0.39 is 23.8 Å². The van der Waals surface area contributed by atoms with Crippen LogP contribution < -0.4 is 10.2 Å². The second-order valence-electron chi connectivity index (χ2n) is 8.27. The first-order valence-electron chi connectivity index (χ1n) is 10.4. The van der Waals surface area contributed by atoms with Gasteiger partial charge in [0.2, 0.25) is 5.82 Å². The van der Waals surface area contributed by atoms with Crippen LogP contribution in [0.2, 0.25) is 0 Å². The van der Waals surface area contributed by atoms with Gasteiger partial charge in [0.25, 0.3) is 17.7 Å². The van der Waals surface area contributed by atoms with Crippen LogP contribution in [0.3, 0.4) is 0 Å². The van der Waals surface area contributed by atoms with Crippen LogP contribution >= 0.6 is 0 Å². The van der Waals surface area contributed by atoms with Crippen molar-refractivity contribution in [3.63, 3.8) is 0 Å². The van der Waals surface area contributed by atoms with Crippen molar-refractivity contribution in [3.05, 3.63) is 59.6 Å². The lowest BCUT2D eigenvalue weighted by molar-refractivity contribution is -0.120. The highest BCUT2D eigenvalue weighted by molar-refractivity contribution is 6.00. The van der Waals surface area contributed by atoms with E-state index >= 15 is 0 Å². The number of hydrogen-bond acceptors (Lipinski definition) is 5. The number of amides is 2. The maximum absolute atomic E-state index is 13.4. The summed E-state index contributed by atoms with van der Waals surface area (Å²) >= 11 is 0. The molecule has 2 atom stereocenters. The highest BCUT2D eigenvalue weighted by Gasteiger charge is 2.59. The fourth-order valence-electron chi connectivity index (χ4n) is 3.90. The molecule has 0 bridgehead atoms. The molecule has 172 valence electrons. The number of nitrogens with one attached hydrogen (secondary N) is 1. The molecule has 0 radical (unpaired) electrons. The smallest absolute Gasteiger partial charge is 0.291 e. The Morgan fingerprint density at radius 3 is 2.67 bits per heavy atom. The summed E-state index contributed by atoms with van der Waals surface area (Å²) < 4.78 is 42.8. The van der Waals surface area contributed by atoms with E-state index in [0.717, 1.165) is 5.56 Å². The van der Waals surface area contributed by atoms with Gasteiger partial charge >= 0.3 is 0 Å². The summed E-state index contributed by atoms with van der Waals surface area (Å²) in [4.78, 5) is 30.9. The standard InChI is InChI=1S/C21H20F3N7O2/c1-29-17-8-16(14-9-21(14,23)24)27-31(17)7-6-15(20(29)33)26-19(32)18-25-11-30(28-18)10-12-2-4-13(22)5-3-12/h2-5,8,11,14-15H,6-7,9-10H2,1H3,(H,26,32)/t14-,15-/m0/s1. The molecule has 1 saturated carbocycles. The number of fused-ring (bicyclic) bond motifs is 1. The highest BCUT2D eigenvalue weighted by Crippen LogP contribution is 2.55. The Labute approximate surface area is 186 Å². The van der Waals surface area contributed by atoms with Crippen LogP contribution in [0, 0.1) is 5.82 Å². The summed E-state index contributed by atoms with van der Waals surface area (Å²) in [5.74, 6) is -4.69. The Kier molecular flexibility index (Phi) is 4.94. The SMILES string of the molecule is CN1C(=O)[C@@H](NC(=O)c2ncn(Cc3ccc(F)cc3)n2)CCn2nc([C@@H]3CC3(F)F)cc21. The van der Waals surface area contributed by atoms with E-state index in [9.17, 15) is 22.8 Å². The number of hydrogen-bond donors (Lipinski definition) is 1. The molecule has 9 nitrogen and oxygen atoms in total. The fourth-order valence-corrected chi connectivity index (χ4v) is 3.90. The van der Waals surface area contributed by atoms with Gasteiger partial charge in [-0.25, -0.2) is 27.5 Å². The maximum Gasteiger partial charge on any atom is 0.291 e. The van der Waals surface area contributed by atoms with E-state index in [4.69, 9.17) is 0 Å². The summed E-state index contributed by atoms with van der Waals surface area (Å²) in [5.41, 5.74) is 1.06. The van der Waals surface area contributed by atoms with Crippen molar-refractivity contribution in [1.82, 2.24) is 29.9 Å². The van der Waals surface area contributed by atoms with Gasteiger partial charge < -0.3 is 5.32 Å². The molecular weight excluding hydrogens is 439 g/mol. The van der Waals surface area contributed by atoms with E-state index in [2.05, 4.69) is 20.5 Å². The van der Waals surface area contributed by atoms with Gasteiger partial charge in [-0.05, 0) is 24.1 Å². The molecule has 33 heavy (non-hydrogen) atoms. The van der Waals surface area contributed by atoms with Crippen molar-refractivity contribution in [2.45, 2.75) is 43.8 Å². The molecule has 0 saturated heterocycles. The summed E-state index contributed by atoms with van der Waals surface area (Å²) in [6.07, 6.45) is 1.38. The average Bonchev–Trinajstić information content (AvgIpc) is 3.12. The van der Waals surface area contributed by atoms with E-state index in [1.165, 1.54) is 45.8 Å². The minimum Gasteiger partial charge on any atom is -0.337 e. The van der Waals surface area contributed by atoms with Crippen LogP contribution in [0.4, 0.5) is 19.0 Å². The topological polar surface area (TPSA) is 97.9 Å². The van der Waals surface area contributed by atoms with E-state index in [-0.39, 0.29) is 42.6 Å². The van der Waals surface area contributed by atoms with Crippen molar-refractivity contribution in [2.24, 2.45) is 0 Å². The lowest BCUT2D eigenvalue weighted by Gasteiger charge is -2.19. The van der Waals surface area contributed by atoms with Crippen molar-refractivity contribution >= 4 is 17.6 Å². The Bertz CT molecular complexity index is 1220. The van der Waals surface area contributed by atoms with Gasteiger partial charge in [0.1, 0.15) is 24.0 Å². The minimum atomic E-state index is -2.74. The normalized spacial score (nSPS) is 21.5. The van der Waals surface area contributed by atoms with Gasteiger partial charge in [-0.1, -0.05) is 12.1 Å². The van der Waals surface area contributed by atoms with Gasteiger partial charge in [0, 0.05) is 26.1 Å². The first kappa shape index (κ1) is 21.2. The predicted octanol–water partition coefficient (Wildman–Crippen LogP) is 1.95. The third-order valence-corrected chi connectivity index (χ3v) is 5.87. The fraction of sp³-hybridized carbons (Fsp3) is 0.381. The minimum absolute atomic E-state index is 0.104. The Morgan fingerprint density at radius 1 is 1.24 bits per heavy atom. The number of anilines is 1. The summed E-state index contributed by atoms with van der Waals surface area (Å²) in [5, 5.41) is 11.0. The molecule has 1 aliphatic heterocycles. The third kappa shape index (κ3) is 4.08. The summed E-state index contributed by atoms with van der Waals surface area (Å²) in [6.45, 7) is 0.580. The summed E-state index contributed by atoms with van der Waals surface area (Å²) in [6, 6.07) is 6.54. The molecule has 1 N–H and O–H groups in total. The molecule has 2 aromatic heterocycles. The number of rotatable bonds is 5. The lowest BCUT2D eigenvalue weighted by Crippen LogP contribution is -2.47. The van der Waals surface area contributed by atoms with Crippen LogP contribution in [0.1, 0.15) is 40.6 Å². The molecule has 1 aromatic carbocycles. The molecule has 0 spiro atoms. The van der Waals surface area contributed by atoms with Crippen molar-refractivity contribution in [2.75, 3.05) is 11.9 Å². The number of carbonyl (C=O) groups is 2. The number of carbonyl (C=O) groups excluding carboxylic acids is 2. The Hall–Kier alpha value is -3.70. The van der Waals surface area contributed by atoms with E-state index in [0.29, 0.717) is 12.4 Å². The molecule has 1 fully saturated rings. The molecule has 0 unspecified atom stereocenters. The maximum atomic E-state index is 13.4. The third-order valence-electron chi connectivity index (χ3n) is 5.87. The first-order valence-corrected chi connectivity index (χ1v) is 10.4. The number of aryl methyl sites for hydroxylation is 1. The van der Waals surface area contributed by atoms with E-state index in [1.54, 1.807) is 12.1 Å². The Balaban J connectivity index is 1.24. The number of likely N-dealkylation sites (N-methyl/N-ethyl adjacent to an activating group) is 1. The number of benzene rings is 1. The number of halogens is 3. The molecule has 2 amide bonds. The Morgan fingerprint density at radius 2 is 1.97 bits per heavy atom. The molecule has 2 aliphatic rings. The quantitative estimate of drug-likeness (QED) is 0.629. The van der Waals surface area contributed by atoms with Gasteiger partial charge in [-0.15, -0.1) is 5.10 Å². The van der Waals surface area contributed by atoms with Crippen molar-refractivity contribution in [3.8, 4) is 0 Å². The molecule has 12 heteroatoms. The molecule has 3 heterocycles. The molecule has 5 rings (SSSR count). The van der Waals surface area contributed by atoms with Crippen LogP contribution in [-0.4, -0.2) is 55.4 Å². The first-order chi connectivity index (χ1) is 15.7. The van der Waals surface area contributed by atoms with Crippen LogP contribution in [0.25, 0.3) is 0 Å². The van der Waals surface area contributed by atoms with Gasteiger partial charge in [-0.3, -0.25) is 14.5 Å². The van der Waals surface area contributed by atoms with E-state index in [1.807, 2.05) is 0 Å². The van der Waals surface area contributed by atoms with Crippen molar-refractivity contribution in [1.29, 1.82) is 0 Å². The lowest BCUT2D eigenvalue weighted by atomic mass is 10.2. The summed E-state index contributed by atoms with van der Waals surface area (Å²) in [7, 11) is 1.52. The number of alkyl halides is 2. The van der Waals surface area contributed by atoms with Crippen LogP contribution in [0.5, 0.6) is 0 Å². The zero-order valence-corrected chi connectivity index (χ0v) is 17.6. The van der Waals surface area contributed by atoms with Crippen molar-refractivity contribution < 1.29 is 22.8 Å². The molecule has 3 aromatic rings. The average molecular weight is 459 g/mol. The van der Waals surface area contributed by atoms with Gasteiger partial charge in [0.15, 0.2) is 0 Å². The zero-order valence-electron chi connectivity index (χ0n) is 17.6. The largest absolute Gasteiger partial charge is 0.337 e. The zero-order chi connectivity index (χ0) is 23.3. The highest BCUT2D eigenvalue weighted by atomic mass is 19.3. The molecule has 1 aliphatic carbocycles. The number of aromatic nitrogens is 5. The second kappa shape index (κ2) is 7.71. The number of nitrogens with zero attached hydrogens (tertiary/aromatic N) is 6. The monoisotopic (exact) mass is 459 g/mol. The molecular formula is C21H20F3N7O2. The van der Waals surface area contributed by atoms with Crippen LogP contribution in [0.15, 0.2) is 36.7 Å². The second-order valence-corrected chi connectivity index (χ2v) is 8.27. The van der Waals surface area contributed by atoms with Gasteiger partial charge in [0.05, 0.1) is 18.2 Å².